The average Bonchev–Trinajstić information content (AvgIpc) is 3.07. The molecule has 122 valence electrons. The van der Waals surface area contributed by atoms with Crippen molar-refractivity contribution in [3.63, 3.8) is 0 Å². The molecule has 0 fully saturated rings. The molecule has 0 aliphatic heterocycles. The van der Waals surface area contributed by atoms with Crippen LogP contribution in [0.4, 0.5) is 0 Å². The minimum absolute atomic E-state index is 0.0982. The fourth-order valence-corrected chi connectivity index (χ4v) is 3.08. The second-order valence-electron chi connectivity index (χ2n) is 5.95. The summed E-state index contributed by atoms with van der Waals surface area (Å²) in [5, 5.41) is 4.07. The van der Waals surface area contributed by atoms with Crippen LogP contribution in [-0.4, -0.2) is 10.9 Å². The number of H-pyrrole nitrogens is 1. The number of benzene rings is 3. The normalized spacial score (nSPS) is 10.7. The average molecular weight is 326 g/mol. The second kappa shape index (κ2) is 6.65. The number of hydrogen-bond donors (Lipinski definition) is 2. The number of rotatable bonds is 4. The van der Waals surface area contributed by atoms with E-state index in [1.807, 2.05) is 84.9 Å². The number of para-hydroxylation sites is 1. The molecule has 1 heterocycles. The van der Waals surface area contributed by atoms with Crippen molar-refractivity contribution in [1.29, 1.82) is 0 Å². The van der Waals surface area contributed by atoms with E-state index in [-0.39, 0.29) is 5.91 Å². The highest BCUT2D eigenvalue weighted by Crippen LogP contribution is 2.32. The summed E-state index contributed by atoms with van der Waals surface area (Å²) in [5.41, 5.74) is 4.62. The first kappa shape index (κ1) is 15.2. The summed E-state index contributed by atoms with van der Waals surface area (Å²) in [6.07, 6.45) is 0. The van der Waals surface area contributed by atoms with Crippen molar-refractivity contribution in [2.24, 2.45) is 0 Å². The molecule has 4 aromatic rings. The molecular weight excluding hydrogens is 308 g/mol. The second-order valence-corrected chi connectivity index (χ2v) is 5.95. The van der Waals surface area contributed by atoms with E-state index >= 15 is 0 Å². The number of fused-ring (bicyclic) bond motifs is 1. The van der Waals surface area contributed by atoms with Crippen LogP contribution in [0.15, 0.2) is 84.9 Å². The summed E-state index contributed by atoms with van der Waals surface area (Å²) in [5.74, 6) is -0.0982. The largest absolute Gasteiger partial charge is 0.350 e. The van der Waals surface area contributed by atoms with Crippen molar-refractivity contribution < 1.29 is 4.79 Å². The van der Waals surface area contributed by atoms with Gasteiger partial charge in [0.05, 0.1) is 0 Å². The van der Waals surface area contributed by atoms with Crippen LogP contribution in [0.2, 0.25) is 0 Å². The Morgan fingerprint density at radius 2 is 1.44 bits per heavy atom. The molecule has 0 bridgehead atoms. The predicted octanol–water partition coefficient (Wildman–Crippen LogP) is 4.76. The van der Waals surface area contributed by atoms with Crippen LogP contribution < -0.4 is 5.32 Å². The van der Waals surface area contributed by atoms with Crippen molar-refractivity contribution in [3.8, 4) is 11.1 Å². The Bertz CT molecular complexity index is 1000. The van der Waals surface area contributed by atoms with Gasteiger partial charge in [-0.2, -0.15) is 0 Å². The molecule has 3 nitrogen and oxygen atoms in total. The van der Waals surface area contributed by atoms with Crippen LogP contribution in [0.1, 0.15) is 16.1 Å². The Labute approximate surface area is 146 Å². The summed E-state index contributed by atoms with van der Waals surface area (Å²) < 4.78 is 0. The van der Waals surface area contributed by atoms with E-state index in [0.29, 0.717) is 12.2 Å². The van der Waals surface area contributed by atoms with Crippen LogP contribution in [0, 0.1) is 0 Å². The van der Waals surface area contributed by atoms with Crippen LogP contribution in [-0.2, 0) is 6.54 Å². The summed E-state index contributed by atoms with van der Waals surface area (Å²) >= 11 is 0. The first-order chi connectivity index (χ1) is 12.3. The molecule has 0 atom stereocenters. The Balaban J connectivity index is 1.72. The first-order valence-corrected chi connectivity index (χ1v) is 8.31. The van der Waals surface area contributed by atoms with Gasteiger partial charge in [0.2, 0.25) is 0 Å². The fraction of sp³-hybridized carbons (Fsp3) is 0.0455. The van der Waals surface area contributed by atoms with Gasteiger partial charge in [0.25, 0.3) is 5.91 Å². The molecule has 0 unspecified atom stereocenters. The molecule has 2 N–H and O–H groups in total. The minimum Gasteiger partial charge on any atom is -0.350 e. The molecule has 0 saturated carbocycles. The van der Waals surface area contributed by atoms with Gasteiger partial charge in [-0.1, -0.05) is 78.9 Å². The highest BCUT2D eigenvalue weighted by Gasteiger charge is 2.18. The first-order valence-electron chi connectivity index (χ1n) is 8.31. The number of hydrogen-bond acceptors (Lipinski definition) is 1. The molecule has 25 heavy (non-hydrogen) atoms. The zero-order valence-electron chi connectivity index (χ0n) is 13.7. The Hall–Kier alpha value is -3.33. The maximum atomic E-state index is 12.8. The van der Waals surface area contributed by atoms with Crippen molar-refractivity contribution in [2.45, 2.75) is 6.54 Å². The van der Waals surface area contributed by atoms with Gasteiger partial charge in [0, 0.05) is 23.0 Å². The summed E-state index contributed by atoms with van der Waals surface area (Å²) in [6.45, 7) is 0.503. The van der Waals surface area contributed by atoms with Crippen LogP contribution in [0.25, 0.3) is 22.0 Å². The van der Waals surface area contributed by atoms with Gasteiger partial charge in [0.15, 0.2) is 0 Å². The van der Waals surface area contributed by atoms with Gasteiger partial charge in [-0.15, -0.1) is 0 Å². The quantitative estimate of drug-likeness (QED) is 0.558. The van der Waals surface area contributed by atoms with Crippen molar-refractivity contribution in [3.05, 3.63) is 96.2 Å². The molecule has 0 aliphatic carbocycles. The smallest absolute Gasteiger partial charge is 0.268 e. The Kier molecular flexibility index (Phi) is 4.05. The number of aromatic nitrogens is 1. The third-order valence-corrected chi connectivity index (χ3v) is 4.29. The highest BCUT2D eigenvalue weighted by molar-refractivity contribution is 6.09. The lowest BCUT2D eigenvalue weighted by molar-refractivity contribution is 0.0947. The summed E-state index contributed by atoms with van der Waals surface area (Å²) in [4.78, 5) is 16.1. The maximum Gasteiger partial charge on any atom is 0.268 e. The van der Waals surface area contributed by atoms with E-state index in [1.165, 1.54) is 0 Å². The Morgan fingerprint density at radius 1 is 0.800 bits per heavy atom. The zero-order chi connectivity index (χ0) is 17.1. The van der Waals surface area contributed by atoms with Crippen molar-refractivity contribution in [2.75, 3.05) is 0 Å². The topological polar surface area (TPSA) is 44.9 Å². The van der Waals surface area contributed by atoms with Crippen LogP contribution in [0.5, 0.6) is 0 Å². The van der Waals surface area contributed by atoms with Gasteiger partial charge in [0.1, 0.15) is 5.69 Å². The molecule has 0 saturated heterocycles. The number of nitrogens with one attached hydrogen (secondary N) is 2. The number of carbonyl (C=O) groups excluding carboxylic acids is 1. The van der Waals surface area contributed by atoms with Gasteiger partial charge < -0.3 is 10.3 Å². The number of amides is 1. The molecule has 0 radical (unpaired) electrons. The molecule has 4 rings (SSSR count). The van der Waals surface area contributed by atoms with E-state index in [2.05, 4.69) is 10.3 Å². The predicted molar refractivity (Wildman–Crippen MR) is 101 cm³/mol. The molecule has 1 amide bonds. The van der Waals surface area contributed by atoms with Gasteiger partial charge in [-0.05, 0) is 17.2 Å². The van der Waals surface area contributed by atoms with Crippen LogP contribution >= 0.6 is 0 Å². The third kappa shape index (κ3) is 3.04. The highest BCUT2D eigenvalue weighted by atomic mass is 16.1. The van der Waals surface area contributed by atoms with Crippen LogP contribution in [0.3, 0.4) is 0 Å². The van der Waals surface area contributed by atoms with Gasteiger partial charge >= 0.3 is 0 Å². The molecular formula is C22H18N2O. The van der Waals surface area contributed by atoms with Gasteiger partial charge in [-0.3, -0.25) is 4.79 Å². The van der Waals surface area contributed by atoms with E-state index in [1.54, 1.807) is 0 Å². The van der Waals surface area contributed by atoms with Crippen molar-refractivity contribution in [1.82, 2.24) is 10.3 Å². The molecule has 3 aromatic carbocycles. The molecule has 0 spiro atoms. The molecule has 3 heteroatoms. The van der Waals surface area contributed by atoms with Gasteiger partial charge in [-0.25, -0.2) is 0 Å². The zero-order valence-corrected chi connectivity index (χ0v) is 13.7. The SMILES string of the molecule is O=C(NCc1ccccc1)c1[nH]c2ccccc2c1-c1ccccc1. The number of carbonyl (C=O) groups is 1. The number of aromatic amines is 1. The van der Waals surface area contributed by atoms with E-state index in [9.17, 15) is 4.79 Å². The standard InChI is InChI=1S/C22H18N2O/c25-22(23-15-16-9-3-1-4-10-16)21-20(17-11-5-2-6-12-17)18-13-7-8-14-19(18)24-21/h1-14,24H,15H2,(H,23,25). The summed E-state index contributed by atoms with van der Waals surface area (Å²) in [6, 6.07) is 27.9. The molecule has 1 aromatic heterocycles. The van der Waals surface area contributed by atoms with Crippen molar-refractivity contribution >= 4 is 16.8 Å². The lowest BCUT2D eigenvalue weighted by atomic mass is 10.0. The fourth-order valence-electron chi connectivity index (χ4n) is 3.08. The lowest BCUT2D eigenvalue weighted by Crippen LogP contribution is -2.23. The molecule has 0 aliphatic rings. The minimum atomic E-state index is -0.0982. The summed E-state index contributed by atoms with van der Waals surface area (Å²) in [7, 11) is 0. The van der Waals surface area contributed by atoms with E-state index in [4.69, 9.17) is 0 Å². The Morgan fingerprint density at radius 3 is 2.20 bits per heavy atom. The lowest BCUT2D eigenvalue weighted by Gasteiger charge is -2.07. The maximum absolute atomic E-state index is 12.8. The van der Waals surface area contributed by atoms with E-state index in [0.717, 1.165) is 27.6 Å². The third-order valence-electron chi connectivity index (χ3n) is 4.29. The monoisotopic (exact) mass is 326 g/mol. The van der Waals surface area contributed by atoms with E-state index < -0.39 is 0 Å².